The molecule has 0 bridgehead atoms. The van der Waals surface area contributed by atoms with E-state index in [1.54, 1.807) is 39.8 Å². The average molecular weight is 1160 g/mol. The summed E-state index contributed by atoms with van der Waals surface area (Å²) in [5.41, 5.74) is 0.536. The van der Waals surface area contributed by atoms with Crippen LogP contribution in [0.2, 0.25) is 0 Å². The smallest absolute Gasteiger partial charge is 0.335 e. The molecule has 8 rings (SSSR count). The predicted molar refractivity (Wildman–Crippen MR) is 287 cm³/mol. The van der Waals surface area contributed by atoms with Crippen LogP contribution >= 0.6 is 0 Å². The number of carbonyl (C=O) groups excluding carboxylic acids is 2. The zero-order chi connectivity index (χ0) is 60.4. The van der Waals surface area contributed by atoms with Gasteiger partial charge < -0.3 is 94.1 Å². The molecule has 3 saturated heterocycles. The number of aliphatic hydroxyl groups excluding tert-OH is 10. The van der Waals surface area contributed by atoms with Gasteiger partial charge in [0.05, 0.1) is 31.3 Å². The number of hydrogen-bond acceptors (Lipinski definition) is 21. The summed E-state index contributed by atoms with van der Waals surface area (Å²) in [5, 5.41) is 113. The lowest BCUT2D eigenvalue weighted by Gasteiger charge is -2.72. The summed E-state index contributed by atoms with van der Waals surface area (Å²) in [5.74, 6) is -0.995. The highest BCUT2D eigenvalue weighted by molar-refractivity contribution is 5.89. The lowest BCUT2D eigenvalue weighted by Crippen LogP contribution is -2.72. The minimum atomic E-state index is -1.97. The van der Waals surface area contributed by atoms with Crippen molar-refractivity contribution >= 4 is 17.9 Å². The zero-order valence-electron chi connectivity index (χ0n) is 49.3. The summed E-state index contributed by atoms with van der Waals surface area (Å²) in [7, 11) is 1.11. The van der Waals surface area contributed by atoms with Crippen molar-refractivity contribution in [3.05, 3.63) is 34.9 Å². The van der Waals surface area contributed by atoms with E-state index in [4.69, 9.17) is 37.9 Å². The molecule has 11 N–H and O–H groups in total. The Morgan fingerprint density at radius 3 is 1.86 bits per heavy atom. The minimum Gasteiger partial charge on any atom is -0.479 e. The van der Waals surface area contributed by atoms with Crippen LogP contribution < -0.4 is 0 Å². The molecule has 3 aliphatic heterocycles. The number of carboxylic acid groups (broad SMARTS) is 1. The third-order valence-electron chi connectivity index (χ3n) is 21.8. The molecule has 0 amide bonds. The Morgan fingerprint density at radius 1 is 0.704 bits per heavy atom. The largest absolute Gasteiger partial charge is 0.479 e. The Balaban J connectivity index is 0.000000246. The van der Waals surface area contributed by atoms with Crippen molar-refractivity contribution < 1.29 is 108 Å². The molecule has 22 heteroatoms. The van der Waals surface area contributed by atoms with Gasteiger partial charge in [-0.1, -0.05) is 79.2 Å². The van der Waals surface area contributed by atoms with Crippen molar-refractivity contribution in [2.45, 2.75) is 232 Å². The predicted octanol–water partition coefficient (Wildman–Crippen LogP) is 2.18. The van der Waals surface area contributed by atoms with Crippen LogP contribution in [0, 0.1) is 56.2 Å². The number of esters is 2. The standard InChI is InChI=1S/C41H64O6.C18H30O16/c1-13-24(3)34(44)46-32-33(47-35(45)25(4)14-2)41(23-42)28(21-36(32,6)7)27-15-16-30-38(10)19-17-26(5)37(8,9)29(38)18-20-39(30,11)40(27,12)22-31(41)43;1-29-18-14(34-17-10(25)8(23)7(22)5(2-19)31-17)12(11(26)13(33-18)15(27)28)32-16-9(24)6(21)4(20)3-30-16/h13-15,26,28-33,42-43H,16-23H2,1-12H3;4-14,16-26H,2-3H2,1H3,(H,27,28)/b24-13-,25-14+;/t26-,28?,29?,30?,31+,32-,33-,38-,39+,40+,41-;4-,5?,6-,7+,8-,9?,10?,11+,12-,13?,14?,16+,17+,18-/m01/s1. The fourth-order valence-electron chi connectivity index (χ4n) is 16.0. The van der Waals surface area contributed by atoms with Crippen LogP contribution in [0.15, 0.2) is 34.9 Å². The Labute approximate surface area is 475 Å². The number of fused-ring (bicyclic) bond motifs is 7. The van der Waals surface area contributed by atoms with Crippen molar-refractivity contribution in [2.24, 2.45) is 56.2 Å². The molecule has 0 spiro atoms. The van der Waals surface area contributed by atoms with Crippen molar-refractivity contribution in [1.82, 2.24) is 0 Å². The van der Waals surface area contributed by atoms with E-state index >= 15 is 0 Å². The molecule has 5 aliphatic carbocycles. The summed E-state index contributed by atoms with van der Waals surface area (Å²) < 4.78 is 44.5. The highest BCUT2D eigenvalue weighted by atomic mass is 16.8. The SMILES string of the molecule is C/C=C(/C)C(=O)O[C@H]1[C@H](OC(=O)/C(C)=C/C)[C@@]2(CO)C(CC1(C)C)C1=CCC3[C@@]4(C)CC[C@H](C)C(C)(C)C4CC[C@@]3(C)[C@]1(C)C[C@H]2O.CO[C@@H]1OC(C(=O)O)[C@@H](O)[C@@H](O[C@@H]2OC[C@@H](O)[C@@H](O)C2O)C1O[C@@H]1OC(CO)[C@H](O)[C@@H](O)C1O. The van der Waals surface area contributed by atoms with E-state index in [0.29, 0.717) is 41.7 Å². The maximum atomic E-state index is 13.5. The quantitative estimate of drug-likeness (QED) is 0.0758. The summed E-state index contributed by atoms with van der Waals surface area (Å²) in [6, 6.07) is 0. The van der Waals surface area contributed by atoms with E-state index in [2.05, 4.69) is 61.5 Å². The molecule has 22 nitrogen and oxygen atoms in total. The van der Waals surface area contributed by atoms with E-state index in [0.717, 1.165) is 20.0 Å². The maximum Gasteiger partial charge on any atom is 0.335 e. The first-order chi connectivity index (χ1) is 37.7. The Bertz CT molecular complexity index is 2350. The molecule has 3 heterocycles. The molecular weight excluding hydrogens is 1060 g/mol. The van der Waals surface area contributed by atoms with Gasteiger partial charge in [0.2, 0.25) is 0 Å². The van der Waals surface area contributed by atoms with E-state index in [9.17, 15) is 70.6 Å². The third kappa shape index (κ3) is 11.2. The molecule has 7 fully saturated rings. The monoisotopic (exact) mass is 1150 g/mol. The molecule has 81 heavy (non-hydrogen) atoms. The molecule has 25 atom stereocenters. The molecule has 0 aromatic carbocycles. The number of rotatable bonds is 12. The number of ether oxygens (including phenoxy) is 8. The first kappa shape index (κ1) is 65.5. The van der Waals surface area contributed by atoms with Crippen LogP contribution in [0.4, 0.5) is 0 Å². The van der Waals surface area contributed by atoms with Gasteiger partial charge in [0.15, 0.2) is 31.1 Å². The van der Waals surface area contributed by atoms with E-state index in [1.165, 1.54) is 24.8 Å². The molecule has 4 saturated carbocycles. The second-order valence-electron chi connectivity index (χ2n) is 26.5. The first-order valence-corrected chi connectivity index (χ1v) is 28.8. The van der Waals surface area contributed by atoms with Crippen molar-refractivity contribution in [2.75, 3.05) is 26.9 Å². The number of methoxy groups -OCH3 is 1. The molecule has 0 radical (unpaired) electrons. The topological polar surface area (TPSA) is 348 Å². The van der Waals surface area contributed by atoms with Gasteiger partial charge in [-0.25, -0.2) is 14.4 Å². The lowest BCUT2D eigenvalue weighted by molar-refractivity contribution is -0.382. The van der Waals surface area contributed by atoms with E-state index in [1.807, 2.05) is 0 Å². The summed E-state index contributed by atoms with van der Waals surface area (Å²) in [4.78, 5) is 38.4. The van der Waals surface area contributed by atoms with E-state index in [-0.39, 0.29) is 34.2 Å². The average Bonchev–Trinajstić information content (AvgIpc) is 3.23. The number of hydrogen-bond donors (Lipinski definition) is 11. The van der Waals surface area contributed by atoms with Crippen LogP contribution in [0.3, 0.4) is 0 Å². The van der Waals surface area contributed by atoms with Crippen LogP contribution in [0.25, 0.3) is 0 Å². The van der Waals surface area contributed by atoms with Gasteiger partial charge in [-0.15, -0.1) is 0 Å². The minimum absolute atomic E-state index is 0.0359. The van der Waals surface area contributed by atoms with Crippen LogP contribution in [0.1, 0.15) is 128 Å². The number of carboxylic acids is 1. The van der Waals surface area contributed by atoms with Gasteiger partial charge in [-0.2, -0.15) is 0 Å². The first-order valence-electron chi connectivity index (χ1n) is 28.8. The highest BCUT2D eigenvalue weighted by Crippen LogP contribution is 2.76. The Hall–Kier alpha value is -3.01. The van der Waals surface area contributed by atoms with Gasteiger partial charge >= 0.3 is 17.9 Å². The molecule has 0 aromatic heterocycles. The molecular formula is C59H94O22. The molecule has 462 valence electrons. The normalized spacial score (nSPS) is 47.6. The number of aliphatic hydroxyl groups is 10. The number of aliphatic carboxylic acids is 1. The molecule has 8 aliphatic rings. The molecule has 8 unspecified atom stereocenters. The van der Waals surface area contributed by atoms with Crippen LogP contribution in [0.5, 0.6) is 0 Å². The summed E-state index contributed by atoms with van der Waals surface area (Å²) in [6.07, 6.45) is -13.9. The van der Waals surface area contributed by atoms with Gasteiger partial charge in [0, 0.05) is 23.7 Å². The second kappa shape index (κ2) is 24.4. The third-order valence-corrected chi connectivity index (χ3v) is 21.8. The van der Waals surface area contributed by atoms with Crippen molar-refractivity contribution in [3.8, 4) is 0 Å². The Morgan fingerprint density at radius 2 is 1.30 bits per heavy atom. The van der Waals surface area contributed by atoms with E-state index < -0.39 is 146 Å². The summed E-state index contributed by atoms with van der Waals surface area (Å²) in [6.45, 7) is 24.4. The van der Waals surface area contributed by atoms with Gasteiger partial charge in [-0.3, -0.25) is 0 Å². The van der Waals surface area contributed by atoms with Gasteiger partial charge in [0.25, 0.3) is 0 Å². The molecule has 0 aromatic rings. The van der Waals surface area contributed by atoms with Gasteiger partial charge in [0.1, 0.15) is 67.1 Å². The highest BCUT2D eigenvalue weighted by Gasteiger charge is 2.73. The lowest BCUT2D eigenvalue weighted by atomic mass is 9.32. The van der Waals surface area contributed by atoms with Crippen LogP contribution in [-0.4, -0.2) is 205 Å². The summed E-state index contributed by atoms with van der Waals surface area (Å²) >= 11 is 0. The fraction of sp³-hybridized carbons (Fsp3) is 0.847. The number of carbonyl (C=O) groups is 3. The zero-order valence-corrected chi connectivity index (χ0v) is 49.3. The maximum absolute atomic E-state index is 13.5. The van der Waals surface area contributed by atoms with Gasteiger partial charge in [-0.05, 0) is 118 Å². The second-order valence-corrected chi connectivity index (χ2v) is 26.5. The number of allylic oxidation sites excluding steroid dienone is 4. The fourth-order valence-corrected chi connectivity index (χ4v) is 16.0. The Kier molecular flexibility index (Phi) is 19.7. The van der Waals surface area contributed by atoms with Crippen molar-refractivity contribution in [3.63, 3.8) is 0 Å². The van der Waals surface area contributed by atoms with Crippen molar-refractivity contribution in [1.29, 1.82) is 0 Å². The van der Waals surface area contributed by atoms with Crippen LogP contribution in [-0.2, 0) is 52.3 Å².